The lowest BCUT2D eigenvalue weighted by atomic mass is 10.1. The average Bonchev–Trinajstić information content (AvgIpc) is 2.30. The van der Waals surface area contributed by atoms with Crippen LogP contribution in [0.15, 0.2) is 36.5 Å². The van der Waals surface area contributed by atoms with E-state index in [1.807, 2.05) is 36.4 Å². The van der Waals surface area contributed by atoms with Gasteiger partial charge in [0.05, 0.1) is 17.8 Å². The van der Waals surface area contributed by atoms with Crippen LogP contribution in [0.5, 0.6) is 0 Å². The standard InChI is InChI=1S/C12H7N3/c13-6-11(7-14)12-5-9-3-1-2-4-10(9)8-15-12/h1-5,8,11H. The first-order chi connectivity index (χ1) is 7.35. The van der Waals surface area contributed by atoms with Crippen LogP contribution in [0.25, 0.3) is 10.8 Å². The topological polar surface area (TPSA) is 60.5 Å². The third-order valence-corrected chi connectivity index (χ3v) is 2.21. The SMILES string of the molecule is N#CC(C#N)c1cc2ccccc2cn1. The van der Waals surface area contributed by atoms with E-state index in [1.54, 1.807) is 12.3 Å². The van der Waals surface area contributed by atoms with Crippen molar-refractivity contribution in [2.45, 2.75) is 5.92 Å². The highest BCUT2D eigenvalue weighted by Crippen LogP contribution is 2.18. The van der Waals surface area contributed by atoms with Crippen LogP contribution >= 0.6 is 0 Å². The Hall–Kier alpha value is -2.39. The van der Waals surface area contributed by atoms with Crippen LogP contribution < -0.4 is 0 Å². The van der Waals surface area contributed by atoms with E-state index in [1.165, 1.54) is 0 Å². The molecule has 0 N–H and O–H groups in total. The lowest BCUT2D eigenvalue weighted by Crippen LogP contribution is -1.95. The molecule has 0 aliphatic carbocycles. The Kier molecular flexibility index (Phi) is 2.31. The highest BCUT2D eigenvalue weighted by Gasteiger charge is 2.10. The zero-order chi connectivity index (χ0) is 10.7. The van der Waals surface area contributed by atoms with Crippen LogP contribution in [0.3, 0.4) is 0 Å². The van der Waals surface area contributed by atoms with Crippen molar-refractivity contribution in [2.24, 2.45) is 0 Å². The molecule has 0 saturated carbocycles. The van der Waals surface area contributed by atoms with E-state index in [0.717, 1.165) is 10.8 Å². The van der Waals surface area contributed by atoms with E-state index >= 15 is 0 Å². The molecule has 15 heavy (non-hydrogen) atoms. The minimum absolute atomic E-state index is 0.513. The molecule has 3 nitrogen and oxygen atoms in total. The van der Waals surface area contributed by atoms with E-state index < -0.39 is 5.92 Å². The van der Waals surface area contributed by atoms with Gasteiger partial charge < -0.3 is 0 Å². The summed E-state index contributed by atoms with van der Waals surface area (Å²) in [6.07, 6.45) is 1.69. The molecule has 0 spiro atoms. The summed E-state index contributed by atoms with van der Waals surface area (Å²) in [5, 5.41) is 19.5. The van der Waals surface area contributed by atoms with Gasteiger partial charge in [-0.3, -0.25) is 4.98 Å². The maximum Gasteiger partial charge on any atom is 0.175 e. The summed E-state index contributed by atoms with van der Waals surface area (Å²) in [6.45, 7) is 0. The number of nitriles is 2. The Morgan fingerprint density at radius 2 is 1.73 bits per heavy atom. The first-order valence-electron chi connectivity index (χ1n) is 4.49. The Morgan fingerprint density at radius 3 is 2.40 bits per heavy atom. The van der Waals surface area contributed by atoms with E-state index in [0.29, 0.717) is 5.69 Å². The first kappa shape index (κ1) is 9.18. The summed E-state index contributed by atoms with van der Waals surface area (Å²) >= 11 is 0. The van der Waals surface area contributed by atoms with Crippen molar-refractivity contribution in [1.29, 1.82) is 10.5 Å². The average molecular weight is 193 g/mol. The molecule has 0 atom stereocenters. The van der Waals surface area contributed by atoms with Gasteiger partial charge in [-0.05, 0) is 11.5 Å². The van der Waals surface area contributed by atoms with Gasteiger partial charge in [-0.1, -0.05) is 24.3 Å². The fraction of sp³-hybridized carbons (Fsp3) is 0.0833. The number of benzene rings is 1. The predicted molar refractivity (Wildman–Crippen MR) is 55.7 cm³/mol. The molecule has 1 heterocycles. The molecule has 0 bridgehead atoms. The van der Waals surface area contributed by atoms with Crippen molar-refractivity contribution in [1.82, 2.24) is 4.98 Å². The van der Waals surface area contributed by atoms with Gasteiger partial charge in [0.15, 0.2) is 5.92 Å². The van der Waals surface area contributed by atoms with Crippen LogP contribution in [-0.4, -0.2) is 4.98 Å². The highest BCUT2D eigenvalue weighted by atomic mass is 14.7. The Bertz CT molecular complexity index is 561. The fourth-order valence-corrected chi connectivity index (χ4v) is 1.42. The van der Waals surface area contributed by atoms with E-state index in [9.17, 15) is 0 Å². The number of hydrogen-bond donors (Lipinski definition) is 0. The maximum absolute atomic E-state index is 8.74. The molecule has 0 amide bonds. The van der Waals surface area contributed by atoms with E-state index in [-0.39, 0.29) is 0 Å². The normalized spacial score (nSPS) is 9.80. The van der Waals surface area contributed by atoms with Gasteiger partial charge in [0.1, 0.15) is 0 Å². The summed E-state index contributed by atoms with van der Waals surface area (Å²) < 4.78 is 0. The number of rotatable bonds is 1. The molecular weight excluding hydrogens is 186 g/mol. The fourth-order valence-electron chi connectivity index (χ4n) is 1.42. The van der Waals surface area contributed by atoms with E-state index in [4.69, 9.17) is 10.5 Å². The predicted octanol–water partition coefficient (Wildman–Crippen LogP) is 2.37. The van der Waals surface area contributed by atoms with Crippen LogP contribution in [0.2, 0.25) is 0 Å². The van der Waals surface area contributed by atoms with Gasteiger partial charge in [-0.15, -0.1) is 0 Å². The third kappa shape index (κ3) is 1.63. The molecule has 1 aromatic carbocycles. The first-order valence-corrected chi connectivity index (χ1v) is 4.49. The van der Waals surface area contributed by atoms with Gasteiger partial charge in [0, 0.05) is 11.6 Å². The van der Waals surface area contributed by atoms with Crippen LogP contribution in [0.1, 0.15) is 11.6 Å². The van der Waals surface area contributed by atoms with Crippen molar-refractivity contribution >= 4 is 10.8 Å². The van der Waals surface area contributed by atoms with Crippen molar-refractivity contribution < 1.29 is 0 Å². The molecule has 70 valence electrons. The number of pyridine rings is 1. The quantitative estimate of drug-likeness (QED) is 0.698. The highest BCUT2D eigenvalue weighted by molar-refractivity contribution is 5.82. The summed E-state index contributed by atoms with van der Waals surface area (Å²) in [5.74, 6) is -0.783. The lowest BCUT2D eigenvalue weighted by Gasteiger charge is -2.01. The Balaban J connectivity index is 2.58. The van der Waals surface area contributed by atoms with E-state index in [2.05, 4.69) is 4.98 Å². The molecule has 0 aliphatic rings. The minimum atomic E-state index is -0.783. The Morgan fingerprint density at radius 1 is 1.07 bits per heavy atom. The molecule has 2 aromatic rings. The summed E-state index contributed by atoms with van der Waals surface area (Å²) in [6, 6.07) is 13.3. The van der Waals surface area contributed by atoms with Crippen molar-refractivity contribution in [2.75, 3.05) is 0 Å². The second-order valence-electron chi connectivity index (χ2n) is 3.15. The van der Waals surface area contributed by atoms with Crippen LogP contribution in [0.4, 0.5) is 0 Å². The number of nitrogens with zero attached hydrogens (tertiary/aromatic N) is 3. The summed E-state index contributed by atoms with van der Waals surface area (Å²) in [7, 11) is 0. The Labute approximate surface area is 87.2 Å². The van der Waals surface area contributed by atoms with Crippen LogP contribution in [-0.2, 0) is 0 Å². The van der Waals surface area contributed by atoms with Crippen molar-refractivity contribution in [3.63, 3.8) is 0 Å². The zero-order valence-electron chi connectivity index (χ0n) is 7.88. The zero-order valence-corrected chi connectivity index (χ0v) is 7.88. The van der Waals surface area contributed by atoms with Gasteiger partial charge in [-0.2, -0.15) is 10.5 Å². The number of hydrogen-bond acceptors (Lipinski definition) is 3. The third-order valence-electron chi connectivity index (χ3n) is 2.21. The molecule has 0 fully saturated rings. The van der Waals surface area contributed by atoms with Crippen molar-refractivity contribution in [3.05, 3.63) is 42.2 Å². The minimum Gasteiger partial charge on any atom is -0.258 e. The molecule has 0 radical (unpaired) electrons. The smallest absolute Gasteiger partial charge is 0.175 e. The van der Waals surface area contributed by atoms with Gasteiger partial charge in [0.25, 0.3) is 0 Å². The summed E-state index contributed by atoms with van der Waals surface area (Å²) in [4.78, 5) is 4.10. The van der Waals surface area contributed by atoms with Gasteiger partial charge >= 0.3 is 0 Å². The molecular formula is C12H7N3. The summed E-state index contributed by atoms with van der Waals surface area (Å²) in [5.41, 5.74) is 0.513. The molecule has 3 heteroatoms. The van der Waals surface area contributed by atoms with Crippen molar-refractivity contribution in [3.8, 4) is 12.1 Å². The maximum atomic E-state index is 8.74. The van der Waals surface area contributed by atoms with Gasteiger partial charge in [0.2, 0.25) is 0 Å². The molecule has 2 rings (SSSR count). The largest absolute Gasteiger partial charge is 0.258 e. The van der Waals surface area contributed by atoms with Crippen LogP contribution in [0, 0.1) is 22.7 Å². The lowest BCUT2D eigenvalue weighted by molar-refractivity contribution is 1.02. The molecule has 0 unspecified atom stereocenters. The second kappa shape index (κ2) is 3.77. The monoisotopic (exact) mass is 193 g/mol. The number of aromatic nitrogens is 1. The second-order valence-corrected chi connectivity index (χ2v) is 3.15. The van der Waals surface area contributed by atoms with Gasteiger partial charge in [-0.25, -0.2) is 0 Å². The molecule has 0 aliphatic heterocycles. The molecule has 1 aromatic heterocycles. The number of fused-ring (bicyclic) bond motifs is 1. The molecule has 0 saturated heterocycles.